The Balaban J connectivity index is 1.43. The van der Waals surface area contributed by atoms with Crippen molar-refractivity contribution in [1.29, 1.82) is 0 Å². The van der Waals surface area contributed by atoms with Gasteiger partial charge in [0, 0.05) is 38.8 Å². The van der Waals surface area contributed by atoms with Gasteiger partial charge in [0.25, 0.3) is 0 Å². The highest BCUT2D eigenvalue weighted by atomic mass is 19.1. The van der Waals surface area contributed by atoms with Crippen LogP contribution in [0, 0.1) is 12.9 Å². The van der Waals surface area contributed by atoms with Crippen LogP contribution in [0.4, 0.5) is 10.2 Å². The molecule has 1 aliphatic heterocycles. The molecule has 2 aromatic rings. The van der Waals surface area contributed by atoms with Gasteiger partial charge in [0.05, 0.1) is 6.54 Å². The van der Waals surface area contributed by atoms with Crippen LogP contribution in [-0.2, 0) is 11.3 Å². The first-order chi connectivity index (χ1) is 12.1. The van der Waals surface area contributed by atoms with Crippen LogP contribution < -0.4 is 10.2 Å². The Kier molecular flexibility index (Phi) is 5.55. The van der Waals surface area contributed by atoms with Gasteiger partial charge in [-0.3, -0.25) is 9.69 Å². The van der Waals surface area contributed by atoms with E-state index < -0.39 is 5.95 Å². The molecule has 0 spiro atoms. The van der Waals surface area contributed by atoms with Crippen molar-refractivity contribution in [3.05, 3.63) is 53.7 Å². The zero-order valence-corrected chi connectivity index (χ0v) is 14.3. The van der Waals surface area contributed by atoms with E-state index in [0.717, 1.165) is 18.7 Å². The number of piperazine rings is 1. The van der Waals surface area contributed by atoms with Gasteiger partial charge in [-0.2, -0.15) is 4.39 Å². The molecule has 2 heterocycles. The molecule has 1 aromatic heterocycles. The van der Waals surface area contributed by atoms with E-state index in [-0.39, 0.29) is 5.91 Å². The molecule has 1 aliphatic rings. The molecular weight excluding hydrogens is 321 g/mol. The summed E-state index contributed by atoms with van der Waals surface area (Å²) in [5.41, 5.74) is 2.29. The summed E-state index contributed by atoms with van der Waals surface area (Å²) in [4.78, 5) is 23.8. The van der Waals surface area contributed by atoms with Crippen molar-refractivity contribution in [2.45, 2.75) is 13.5 Å². The van der Waals surface area contributed by atoms with Crippen molar-refractivity contribution in [2.24, 2.45) is 0 Å². The number of halogens is 1. The molecular formula is C18H22FN5O. The summed E-state index contributed by atoms with van der Waals surface area (Å²) in [5.74, 6) is 0.0852. The zero-order chi connectivity index (χ0) is 17.6. The van der Waals surface area contributed by atoms with Crippen LogP contribution >= 0.6 is 0 Å². The van der Waals surface area contributed by atoms with E-state index in [1.165, 1.54) is 18.0 Å². The Hall–Kier alpha value is -2.54. The fourth-order valence-electron chi connectivity index (χ4n) is 2.91. The van der Waals surface area contributed by atoms with Crippen molar-refractivity contribution in [2.75, 3.05) is 37.6 Å². The molecule has 0 unspecified atom stereocenters. The van der Waals surface area contributed by atoms with Gasteiger partial charge in [0.2, 0.25) is 11.9 Å². The third kappa shape index (κ3) is 4.96. The Morgan fingerprint density at radius 1 is 1.20 bits per heavy atom. The molecule has 7 heteroatoms. The van der Waals surface area contributed by atoms with Crippen molar-refractivity contribution in [1.82, 2.24) is 20.2 Å². The molecule has 1 aromatic carbocycles. The molecule has 25 heavy (non-hydrogen) atoms. The van der Waals surface area contributed by atoms with Crippen molar-refractivity contribution >= 4 is 11.7 Å². The van der Waals surface area contributed by atoms with E-state index in [9.17, 15) is 9.18 Å². The molecule has 1 saturated heterocycles. The first-order valence-corrected chi connectivity index (χ1v) is 8.37. The number of carbonyl (C=O) groups is 1. The lowest BCUT2D eigenvalue weighted by Crippen LogP contribution is -2.49. The standard InChI is InChI=1S/C18H22FN5O/c1-14-3-2-4-15(9-14)11-20-18(25)12-23-5-7-24(8-6-23)17-10-16(19)21-13-22-17/h2-4,9-10,13H,5-8,11-12H2,1H3,(H,20,25). The second kappa shape index (κ2) is 8.02. The maximum absolute atomic E-state index is 13.2. The fraction of sp³-hybridized carbons (Fsp3) is 0.389. The summed E-state index contributed by atoms with van der Waals surface area (Å²) >= 11 is 0. The first-order valence-electron chi connectivity index (χ1n) is 8.37. The van der Waals surface area contributed by atoms with Gasteiger partial charge >= 0.3 is 0 Å². The monoisotopic (exact) mass is 343 g/mol. The Labute approximate surface area is 146 Å². The predicted molar refractivity (Wildman–Crippen MR) is 93.7 cm³/mol. The summed E-state index contributed by atoms with van der Waals surface area (Å²) in [7, 11) is 0. The van der Waals surface area contributed by atoms with Crippen molar-refractivity contribution < 1.29 is 9.18 Å². The fourth-order valence-corrected chi connectivity index (χ4v) is 2.91. The molecule has 0 atom stereocenters. The number of aryl methyl sites for hydroxylation is 1. The quantitative estimate of drug-likeness (QED) is 0.831. The minimum absolute atomic E-state index is 0.0167. The second-order valence-corrected chi connectivity index (χ2v) is 6.23. The average molecular weight is 343 g/mol. The lowest BCUT2D eigenvalue weighted by atomic mass is 10.1. The van der Waals surface area contributed by atoms with Gasteiger partial charge in [-0.15, -0.1) is 0 Å². The molecule has 0 bridgehead atoms. The molecule has 0 aliphatic carbocycles. The molecule has 0 saturated carbocycles. The summed E-state index contributed by atoms with van der Waals surface area (Å²) in [6.07, 6.45) is 1.23. The highest BCUT2D eigenvalue weighted by molar-refractivity contribution is 5.78. The number of amides is 1. The Morgan fingerprint density at radius 2 is 2.00 bits per heavy atom. The van der Waals surface area contributed by atoms with E-state index in [1.807, 2.05) is 30.0 Å². The summed E-state index contributed by atoms with van der Waals surface area (Å²) < 4.78 is 13.2. The minimum Gasteiger partial charge on any atom is -0.354 e. The van der Waals surface area contributed by atoms with Crippen LogP contribution in [0.2, 0.25) is 0 Å². The van der Waals surface area contributed by atoms with Gasteiger partial charge in [0.1, 0.15) is 12.1 Å². The van der Waals surface area contributed by atoms with Crippen LogP contribution in [0.3, 0.4) is 0 Å². The van der Waals surface area contributed by atoms with E-state index in [1.54, 1.807) is 0 Å². The van der Waals surface area contributed by atoms with Gasteiger partial charge in [-0.25, -0.2) is 9.97 Å². The topological polar surface area (TPSA) is 61.4 Å². The summed E-state index contributed by atoms with van der Waals surface area (Å²) in [6, 6.07) is 9.44. The number of hydrogen-bond donors (Lipinski definition) is 1. The van der Waals surface area contributed by atoms with Crippen LogP contribution in [-0.4, -0.2) is 53.5 Å². The Morgan fingerprint density at radius 3 is 2.72 bits per heavy atom. The van der Waals surface area contributed by atoms with E-state index in [2.05, 4.69) is 26.3 Å². The van der Waals surface area contributed by atoms with E-state index in [4.69, 9.17) is 0 Å². The molecule has 3 rings (SSSR count). The van der Waals surface area contributed by atoms with Crippen molar-refractivity contribution in [3.63, 3.8) is 0 Å². The number of nitrogens with zero attached hydrogens (tertiary/aromatic N) is 4. The van der Waals surface area contributed by atoms with Crippen LogP contribution in [0.15, 0.2) is 36.7 Å². The third-order valence-corrected chi connectivity index (χ3v) is 4.25. The van der Waals surface area contributed by atoms with Gasteiger partial charge in [-0.1, -0.05) is 29.8 Å². The molecule has 0 radical (unpaired) electrons. The SMILES string of the molecule is Cc1cccc(CNC(=O)CN2CCN(c3cc(F)ncn3)CC2)c1. The second-order valence-electron chi connectivity index (χ2n) is 6.23. The minimum atomic E-state index is -0.525. The zero-order valence-electron chi connectivity index (χ0n) is 14.3. The smallest absolute Gasteiger partial charge is 0.234 e. The van der Waals surface area contributed by atoms with Gasteiger partial charge < -0.3 is 10.2 Å². The maximum Gasteiger partial charge on any atom is 0.234 e. The largest absolute Gasteiger partial charge is 0.354 e. The molecule has 132 valence electrons. The van der Waals surface area contributed by atoms with E-state index in [0.29, 0.717) is 32.0 Å². The van der Waals surface area contributed by atoms with Gasteiger partial charge in [-0.05, 0) is 12.5 Å². The number of anilines is 1. The normalized spacial score (nSPS) is 15.2. The molecule has 6 nitrogen and oxygen atoms in total. The average Bonchev–Trinajstić information content (AvgIpc) is 2.61. The van der Waals surface area contributed by atoms with Crippen molar-refractivity contribution in [3.8, 4) is 0 Å². The molecule has 1 amide bonds. The summed E-state index contributed by atoms with van der Waals surface area (Å²) in [5, 5.41) is 2.96. The highest BCUT2D eigenvalue weighted by Gasteiger charge is 2.20. The van der Waals surface area contributed by atoms with Crippen LogP contribution in [0.25, 0.3) is 0 Å². The lowest BCUT2D eigenvalue weighted by molar-refractivity contribution is -0.122. The number of aromatic nitrogens is 2. The first kappa shape index (κ1) is 17.3. The van der Waals surface area contributed by atoms with Crippen LogP contribution in [0.1, 0.15) is 11.1 Å². The van der Waals surface area contributed by atoms with E-state index >= 15 is 0 Å². The number of benzene rings is 1. The number of hydrogen-bond acceptors (Lipinski definition) is 5. The number of carbonyl (C=O) groups excluding carboxylic acids is 1. The predicted octanol–water partition coefficient (Wildman–Crippen LogP) is 1.36. The highest BCUT2D eigenvalue weighted by Crippen LogP contribution is 2.13. The van der Waals surface area contributed by atoms with Gasteiger partial charge in [0.15, 0.2) is 0 Å². The lowest BCUT2D eigenvalue weighted by Gasteiger charge is -2.34. The molecule has 1 N–H and O–H groups in total. The Bertz CT molecular complexity index is 731. The number of rotatable bonds is 5. The molecule has 1 fully saturated rings. The van der Waals surface area contributed by atoms with Crippen LogP contribution in [0.5, 0.6) is 0 Å². The third-order valence-electron chi connectivity index (χ3n) is 4.25. The maximum atomic E-state index is 13.2. The number of nitrogens with one attached hydrogen (secondary N) is 1. The summed E-state index contributed by atoms with van der Waals surface area (Å²) in [6.45, 7) is 5.85.